The molecule has 2 saturated heterocycles. The van der Waals surface area contributed by atoms with Crippen molar-refractivity contribution < 1.29 is 33.5 Å². The highest BCUT2D eigenvalue weighted by molar-refractivity contribution is 6.32. The first-order valence-corrected chi connectivity index (χ1v) is 17.3. The zero-order chi connectivity index (χ0) is 35.9. The number of fused-ring (bicyclic) bond motifs is 4. The number of phenols is 1. The number of hydrogen-bond acceptors (Lipinski definition) is 6. The molecule has 2 aliphatic carbocycles. The molecule has 51 heavy (non-hydrogen) atoms. The van der Waals surface area contributed by atoms with Gasteiger partial charge in [-0.05, 0) is 86.3 Å². The van der Waals surface area contributed by atoms with Crippen LogP contribution in [0.4, 0.5) is 15.8 Å². The fourth-order valence-corrected chi connectivity index (χ4v) is 9.11. The molecule has 4 aromatic carbocycles. The minimum absolute atomic E-state index is 0.0781. The van der Waals surface area contributed by atoms with Crippen LogP contribution < -0.4 is 9.80 Å². The molecule has 256 valence electrons. The molecule has 8 nitrogen and oxygen atoms in total. The maximum atomic E-state index is 14.5. The Morgan fingerprint density at radius 1 is 0.804 bits per heavy atom. The van der Waals surface area contributed by atoms with E-state index in [4.69, 9.17) is 23.2 Å². The summed E-state index contributed by atoms with van der Waals surface area (Å²) in [5, 5.41) is 11.2. The maximum absolute atomic E-state index is 14.5. The lowest BCUT2D eigenvalue weighted by molar-refractivity contribution is -0.131. The molecular formula is C40H29Cl2FN2O6. The first-order chi connectivity index (χ1) is 24.4. The maximum Gasteiger partial charge on any atom is 0.241 e. The molecule has 0 unspecified atom stereocenters. The molecule has 4 amide bonds. The fraction of sp³-hybridized carbons (Fsp3) is 0.225. The number of aromatic hydroxyl groups is 1. The molecule has 0 bridgehead atoms. The summed E-state index contributed by atoms with van der Waals surface area (Å²) in [5.41, 5.74) is 0.870. The molecule has 0 radical (unpaired) electrons. The predicted molar refractivity (Wildman–Crippen MR) is 188 cm³/mol. The summed E-state index contributed by atoms with van der Waals surface area (Å²) < 4.78 is 14.1. The number of allylic oxidation sites excluding steroid dienone is 2. The van der Waals surface area contributed by atoms with Gasteiger partial charge in [0.1, 0.15) is 11.6 Å². The van der Waals surface area contributed by atoms with Crippen LogP contribution >= 0.6 is 23.2 Å². The summed E-state index contributed by atoms with van der Waals surface area (Å²) in [6, 6.07) is 23.2. The Morgan fingerprint density at radius 2 is 1.49 bits per heavy atom. The zero-order valence-corrected chi connectivity index (χ0v) is 28.6. The molecule has 6 atom stereocenters. The second-order valence-electron chi connectivity index (χ2n) is 13.7. The van der Waals surface area contributed by atoms with Gasteiger partial charge in [-0.15, -0.1) is 0 Å². The van der Waals surface area contributed by atoms with Crippen molar-refractivity contribution in [1.29, 1.82) is 0 Å². The molecular weight excluding hydrogens is 694 g/mol. The van der Waals surface area contributed by atoms with E-state index in [0.717, 1.165) is 15.9 Å². The summed E-state index contributed by atoms with van der Waals surface area (Å²) in [7, 11) is 0. The van der Waals surface area contributed by atoms with Gasteiger partial charge in [0, 0.05) is 27.6 Å². The van der Waals surface area contributed by atoms with Gasteiger partial charge in [0.05, 0.1) is 39.6 Å². The minimum atomic E-state index is -1.44. The number of hydrogen-bond donors (Lipinski definition) is 1. The van der Waals surface area contributed by atoms with Crippen LogP contribution in [0.25, 0.3) is 0 Å². The average Bonchev–Trinajstić information content (AvgIpc) is 3.50. The highest BCUT2D eigenvalue weighted by Crippen LogP contribution is 2.64. The van der Waals surface area contributed by atoms with Crippen LogP contribution in [0.5, 0.6) is 5.75 Å². The summed E-state index contributed by atoms with van der Waals surface area (Å²) in [5.74, 6) is -7.09. The number of anilines is 2. The Hall–Kier alpha value is -5.12. The SMILES string of the molecule is C[C@@]12C(=O)N(c3ccc(F)c(Cl)c3)C(=O)[C@@H]1C[C@@H]1C(=CC[C@@H]3C(=O)N(c4ccc(C(=O)c5ccccc5)cc4)C(=O)[C@@H]31)[C@@H]2c1cc(Cl)ccc1O. The van der Waals surface area contributed by atoms with Crippen LogP contribution in [0, 0.1) is 34.9 Å². The number of ketones is 1. The lowest BCUT2D eigenvalue weighted by Gasteiger charge is -2.49. The van der Waals surface area contributed by atoms with E-state index in [0.29, 0.717) is 33.0 Å². The van der Waals surface area contributed by atoms with Gasteiger partial charge >= 0.3 is 0 Å². The Bertz CT molecular complexity index is 2220. The normalized spacial score (nSPS) is 26.9. The molecule has 8 rings (SSSR count). The number of amides is 4. The summed E-state index contributed by atoms with van der Waals surface area (Å²) in [6.07, 6.45) is 2.14. The molecule has 4 aliphatic rings. The van der Waals surface area contributed by atoms with Crippen LogP contribution in [0.3, 0.4) is 0 Å². The summed E-state index contributed by atoms with van der Waals surface area (Å²) in [4.78, 5) is 72.5. The van der Waals surface area contributed by atoms with Crippen molar-refractivity contribution in [2.45, 2.75) is 25.7 Å². The van der Waals surface area contributed by atoms with Crippen LogP contribution in [-0.4, -0.2) is 34.5 Å². The Labute approximate surface area is 302 Å². The van der Waals surface area contributed by atoms with Crippen molar-refractivity contribution >= 4 is 64.0 Å². The van der Waals surface area contributed by atoms with Gasteiger partial charge in [-0.1, -0.05) is 65.2 Å². The number of carbonyl (C=O) groups is 5. The quantitative estimate of drug-likeness (QED) is 0.130. The molecule has 0 spiro atoms. The van der Waals surface area contributed by atoms with Crippen molar-refractivity contribution in [1.82, 2.24) is 0 Å². The third kappa shape index (κ3) is 4.89. The number of imide groups is 2. The molecule has 1 N–H and O–H groups in total. The third-order valence-electron chi connectivity index (χ3n) is 11.2. The fourth-order valence-electron chi connectivity index (χ4n) is 8.76. The average molecular weight is 724 g/mol. The second-order valence-corrected chi connectivity index (χ2v) is 14.6. The number of carbonyl (C=O) groups excluding carboxylic acids is 5. The van der Waals surface area contributed by atoms with Crippen LogP contribution in [0.2, 0.25) is 10.0 Å². The Morgan fingerprint density at radius 3 is 2.20 bits per heavy atom. The lowest BCUT2D eigenvalue weighted by atomic mass is 9.51. The van der Waals surface area contributed by atoms with Gasteiger partial charge in [0.15, 0.2) is 5.78 Å². The van der Waals surface area contributed by atoms with Crippen LogP contribution in [0.15, 0.2) is 103 Å². The van der Waals surface area contributed by atoms with E-state index in [1.807, 2.05) is 12.1 Å². The van der Waals surface area contributed by atoms with E-state index in [9.17, 15) is 33.5 Å². The van der Waals surface area contributed by atoms with Gasteiger partial charge < -0.3 is 5.11 Å². The molecule has 2 heterocycles. The molecule has 11 heteroatoms. The van der Waals surface area contributed by atoms with E-state index >= 15 is 0 Å². The Kier molecular flexibility index (Phi) is 7.77. The van der Waals surface area contributed by atoms with Gasteiger partial charge in [-0.25, -0.2) is 9.29 Å². The standard InChI is InChI=1S/C40H29Cl2FN2O6/c1-40-29(37(49)45(39(40)51)24-12-15-31(43)30(42)18-24)19-27-25(34(40)28-17-22(41)9-16-32(28)46)13-14-26-33(27)38(50)44(36(26)48)23-10-7-21(8-11-23)35(47)20-5-3-2-4-6-20/h2-13,15-18,26-27,29,33-34,46H,14,19H2,1H3/t26-,27+,29-,33-,34+,40+/m0/s1. The van der Waals surface area contributed by atoms with Gasteiger partial charge in [0.25, 0.3) is 0 Å². The topological polar surface area (TPSA) is 112 Å². The first kappa shape index (κ1) is 33.0. The molecule has 3 fully saturated rings. The van der Waals surface area contributed by atoms with E-state index < -0.39 is 64.5 Å². The van der Waals surface area contributed by atoms with E-state index in [-0.39, 0.29) is 35.1 Å². The lowest BCUT2D eigenvalue weighted by Crippen LogP contribution is -2.48. The van der Waals surface area contributed by atoms with Crippen LogP contribution in [-0.2, 0) is 19.2 Å². The van der Waals surface area contributed by atoms with Crippen molar-refractivity contribution in [2.75, 3.05) is 9.80 Å². The van der Waals surface area contributed by atoms with Crippen molar-refractivity contribution in [3.8, 4) is 5.75 Å². The monoisotopic (exact) mass is 722 g/mol. The van der Waals surface area contributed by atoms with Gasteiger partial charge in [-0.2, -0.15) is 0 Å². The van der Waals surface area contributed by atoms with Crippen LogP contribution in [0.1, 0.15) is 47.2 Å². The summed E-state index contributed by atoms with van der Waals surface area (Å²) >= 11 is 12.5. The zero-order valence-electron chi connectivity index (χ0n) is 27.1. The second kappa shape index (κ2) is 12.0. The van der Waals surface area contributed by atoms with Crippen molar-refractivity contribution in [2.24, 2.45) is 29.1 Å². The highest BCUT2D eigenvalue weighted by Gasteiger charge is 2.68. The van der Waals surface area contributed by atoms with E-state index in [1.165, 1.54) is 24.3 Å². The Balaban J connectivity index is 1.19. The van der Waals surface area contributed by atoms with Gasteiger partial charge in [-0.3, -0.25) is 28.9 Å². The molecule has 4 aromatic rings. The van der Waals surface area contributed by atoms with Gasteiger partial charge in [0.2, 0.25) is 23.6 Å². The number of nitrogens with zero attached hydrogens (tertiary/aromatic N) is 2. The largest absolute Gasteiger partial charge is 0.508 e. The van der Waals surface area contributed by atoms with Crippen molar-refractivity contribution in [3.63, 3.8) is 0 Å². The first-order valence-electron chi connectivity index (χ1n) is 16.5. The highest BCUT2D eigenvalue weighted by atomic mass is 35.5. The smallest absolute Gasteiger partial charge is 0.241 e. The minimum Gasteiger partial charge on any atom is -0.508 e. The number of rotatable bonds is 5. The molecule has 2 aliphatic heterocycles. The predicted octanol–water partition coefficient (Wildman–Crippen LogP) is 7.50. The van der Waals surface area contributed by atoms with Crippen molar-refractivity contribution in [3.05, 3.63) is 135 Å². The molecule has 1 saturated carbocycles. The number of phenolic OH excluding ortho intramolecular Hbond substituents is 1. The molecule has 0 aromatic heterocycles. The third-order valence-corrected chi connectivity index (χ3v) is 11.7. The number of halogens is 3. The summed E-state index contributed by atoms with van der Waals surface area (Å²) in [6.45, 7) is 1.67. The van der Waals surface area contributed by atoms with E-state index in [2.05, 4.69) is 0 Å². The number of benzene rings is 4. The van der Waals surface area contributed by atoms with E-state index in [1.54, 1.807) is 61.5 Å².